The van der Waals surface area contributed by atoms with Crippen molar-refractivity contribution < 1.29 is 18.0 Å². The van der Waals surface area contributed by atoms with E-state index in [-0.39, 0.29) is 18.5 Å². The number of alkyl halides is 3. The molecular formula is C20H21F3N8O. The molecule has 0 radical (unpaired) electrons. The summed E-state index contributed by atoms with van der Waals surface area (Å²) in [5.74, 6) is 0.905. The van der Waals surface area contributed by atoms with Crippen LogP contribution in [0.25, 0.3) is 0 Å². The number of fused-ring (bicyclic) bond motifs is 1. The molecule has 2 N–H and O–H groups in total. The fourth-order valence-corrected chi connectivity index (χ4v) is 3.31. The summed E-state index contributed by atoms with van der Waals surface area (Å²) >= 11 is 0. The van der Waals surface area contributed by atoms with Crippen LogP contribution in [0.4, 0.5) is 30.6 Å². The van der Waals surface area contributed by atoms with Crippen LogP contribution in [0.15, 0.2) is 30.9 Å². The van der Waals surface area contributed by atoms with Gasteiger partial charge in [-0.05, 0) is 25.5 Å². The Bertz CT molecular complexity index is 1160. The van der Waals surface area contributed by atoms with Crippen LogP contribution < -0.4 is 15.5 Å². The summed E-state index contributed by atoms with van der Waals surface area (Å²) in [4.78, 5) is 26.4. The lowest BCUT2D eigenvalue weighted by Gasteiger charge is -2.32. The minimum atomic E-state index is -4.44. The summed E-state index contributed by atoms with van der Waals surface area (Å²) in [5.41, 5.74) is 1.63. The molecule has 1 amide bonds. The van der Waals surface area contributed by atoms with E-state index in [0.29, 0.717) is 35.3 Å². The number of rotatable bonds is 5. The fourth-order valence-electron chi connectivity index (χ4n) is 3.31. The van der Waals surface area contributed by atoms with E-state index in [9.17, 15) is 18.0 Å². The van der Waals surface area contributed by atoms with Gasteiger partial charge in [-0.15, -0.1) is 0 Å². The smallest absolute Gasteiger partial charge is 0.350 e. The molecule has 168 valence electrons. The van der Waals surface area contributed by atoms with Gasteiger partial charge in [-0.2, -0.15) is 23.3 Å². The lowest BCUT2D eigenvalue weighted by atomic mass is 10.2. The van der Waals surface area contributed by atoms with Gasteiger partial charge in [0.25, 0.3) is 0 Å². The number of hydrogen-bond donors (Lipinski definition) is 2. The zero-order valence-corrected chi connectivity index (χ0v) is 17.6. The number of aryl methyl sites for hydroxylation is 1. The van der Waals surface area contributed by atoms with Crippen molar-refractivity contribution >= 4 is 23.4 Å². The third-order valence-corrected chi connectivity index (χ3v) is 5.22. The molecule has 1 aliphatic heterocycles. The number of pyridine rings is 1. The maximum Gasteiger partial charge on any atom is 0.417 e. The number of amides is 1. The summed E-state index contributed by atoms with van der Waals surface area (Å²) in [6, 6.07) is 0.709. The molecule has 3 aromatic heterocycles. The molecule has 0 spiro atoms. The van der Waals surface area contributed by atoms with Crippen molar-refractivity contribution in [2.45, 2.75) is 39.2 Å². The van der Waals surface area contributed by atoms with Crippen LogP contribution in [-0.2, 0) is 24.1 Å². The topological polar surface area (TPSA) is 101 Å². The number of likely N-dealkylation sites (N-methyl/N-ethyl adjacent to an activating group) is 1. The summed E-state index contributed by atoms with van der Waals surface area (Å²) in [5, 5.41) is 10.2. The number of aromatic nitrogens is 5. The molecule has 0 saturated carbocycles. The Morgan fingerprint density at radius 3 is 2.72 bits per heavy atom. The highest BCUT2D eigenvalue weighted by atomic mass is 19.4. The van der Waals surface area contributed by atoms with Gasteiger partial charge in [-0.1, -0.05) is 0 Å². The molecule has 0 fully saturated rings. The van der Waals surface area contributed by atoms with E-state index < -0.39 is 11.7 Å². The number of carbonyl (C=O) groups is 1. The van der Waals surface area contributed by atoms with Crippen molar-refractivity contribution in [1.82, 2.24) is 24.7 Å². The first-order valence-corrected chi connectivity index (χ1v) is 9.80. The number of nitrogens with zero attached hydrogens (tertiary/aromatic N) is 6. The molecule has 4 heterocycles. The van der Waals surface area contributed by atoms with Gasteiger partial charge in [-0.25, -0.2) is 4.98 Å². The molecule has 12 heteroatoms. The maximum atomic E-state index is 12.9. The van der Waals surface area contributed by atoms with Crippen molar-refractivity contribution in [3.8, 4) is 0 Å². The number of hydrogen-bond acceptors (Lipinski definition) is 7. The number of anilines is 3. The molecule has 0 aromatic carbocycles. The predicted octanol–water partition coefficient (Wildman–Crippen LogP) is 2.83. The number of nitrogens with one attached hydrogen (secondary N) is 2. The van der Waals surface area contributed by atoms with Gasteiger partial charge >= 0.3 is 6.18 Å². The summed E-state index contributed by atoms with van der Waals surface area (Å²) < 4.78 is 40.1. The van der Waals surface area contributed by atoms with E-state index in [1.165, 1.54) is 10.9 Å². The van der Waals surface area contributed by atoms with Crippen molar-refractivity contribution in [1.29, 1.82) is 0 Å². The molecule has 32 heavy (non-hydrogen) atoms. The Morgan fingerprint density at radius 1 is 1.19 bits per heavy atom. The highest BCUT2D eigenvalue weighted by Gasteiger charge is 2.31. The van der Waals surface area contributed by atoms with Crippen LogP contribution in [0.3, 0.4) is 0 Å². The first-order chi connectivity index (χ1) is 15.1. The lowest BCUT2D eigenvalue weighted by molar-refractivity contribution is -0.137. The Morgan fingerprint density at radius 2 is 1.97 bits per heavy atom. The van der Waals surface area contributed by atoms with Crippen molar-refractivity contribution in [2.75, 3.05) is 22.6 Å². The molecule has 0 aliphatic carbocycles. The quantitative estimate of drug-likeness (QED) is 0.622. The standard InChI is InChI=1S/C20H21F3N8O/c1-11-16-17(30(3)12(2)18(32)28-16)29-19(27-11)25-6-14-7-26-31(10-14)9-13-4-15(8-24-5-13)20(21,22)23/h4-5,7-8,10,12H,6,9H2,1-3H3,(H,28,32)(H,25,27,29)/t12-/m0/s1. The van der Waals surface area contributed by atoms with Crippen LogP contribution >= 0.6 is 0 Å². The largest absolute Gasteiger partial charge is 0.417 e. The predicted molar refractivity (Wildman–Crippen MR) is 111 cm³/mol. The van der Waals surface area contributed by atoms with Crippen LogP contribution in [0, 0.1) is 6.92 Å². The molecule has 0 bridgehead atoms. The first kappa shape index (κ1) is 21.5. The first-order valence-electron chi connectivity index (χ1n) is 9.80. The molecule has 0 saturated heterocycles. The van der Waals surface area contributed by atoms with Crippen molar-refractivity contribution in [2.24, 2.45) is 0 Å². The highest BCUT2D eigenvalue weighted by Crippen LogP contribution is 2.32. The van der Waals surface area contributed by atoms with Gasteiger partial charge in [0.05, 0.1) is 24.0 Å². The summed E-state index contributed by atoms with van der Waals surface area (Å²) in [6.07, 6.45) is 1.09. The Kier molecular flexibility index (Phi) is 5.45. The van der Waals surface area contributed by atoms with Crippen LogP contribution in [0.2, 0.25) is 0 Å². The average molecular weight is 446 g/mol. The second-order valence-electron chi connectivity index (χ2n) is 7.59. The summed E-state index contributed by atoms with van der Waals surface area (Å²) in [7, 11) is 1.80. The molecular weight excluding hydrogens is 425 g/mol. The molecule has 4 rings (SSSR count). The van der Waals surface area contributed by atoms with Crippen LogP contribution in [-0.4, -0.2) is 43.7 Å². The minimum Gasteiger partial charge on any atom is -0.350 e. The maximum absolute atomic E-state index is 12.9. The van der Waals surface area contributed by atoms with E-state index in [2.05, 4.69) is 30.7 Å². The van der Waals surface area contributed by atoms with Gasteiger partial charge in [0, 0.05) is 37.7 Å². The van der Waals surface area contributed by atoms with Crippen LogP contribution in [0.5, 0.6) is 0 Å². The second-order valence-corrected chi connectivity index (χ2v) is 7.59. The molecule has 0 unspecified atom stereocenters. The second kappa shape index (κ2) is 8.09. The van der Waals surface area contributed by atoms with E-state index >= 15 is 0 Å². The summed E-state index contributed by atoms with van der Waals surface area (Å²) in [6.45, 7) is 4.10. The minimum absolute atomic E-state index is 0.115. The third-order valence-electron chi connectivity index (χ3n) is 5.22. The highest BCUT2D eigenvalue weighted by molar-refractivity contribution is 6.03. The van der Waals surface area contributed by atoms with E-state index in [0.717, 1.165) is 17.8 Å². The molecule has 9 nitrogen and oxygen atoms in total. The van der Waals surface area contributed by atoms with Crippen molar-refractivity contribution in [3.05, 3.63) is 53.2 Å². The van der Waals surface area contributed by atoms with E-state index in [4.69, 9.17) is 0 Å². The Hall–Kier alpha value is -3.70. The zero-order valence-electron chi connectivity index (χ0n) is 17.6. The normalized spacial score (nSPS) is 16.0. The van der Waals surface area contributed by atoms with E-state index in [1.807, 2.05) is 0 Å². The molecule has 1 atom stereocenters. The zero-order chi connectivity index (χ0) is 23.0. The Labute approximate surface area is 181 Å². The fraction of sp³-hybridized carbons (Fsp3) is 0.350. The van der Waals surface area contributed by atoms with Crippen LogP contribution in [0.1, 0.15) is 29.3 Å². The SMILES string of the molecule is Cc1nc(NCc2cnn(Cc3cncc(C(F)(F)F)c3)c2)nc2c1NC(=O)[C@H](C)N2C. The number of halogens is 3. The van der Waals surface area contributed by atoms with Gasteiger partial charge in [-0.3, -0.25) is 14.5 Å². The van der Waals surface area contributed by atoms with Gasteiger partial charge in [0.2, 0.25) is 11.9 Å². The molecule has 1 aliphatic rings. The average Bonchev–Trinajstić information content (AvgIpc) is 3.18. The lowest BCUT2D eigenvalue weighted by Crippen LogP contribution is -2.44. The number of carbonyl (C=O) groups excluding carboxylic acids is 1. The molecule has 3 aromatic rings. The van der Waals surface area contributed by atoms with Gasteiger partial charge in [0.15, 0.2) is 5.82 Å². The van der Waals surface area contributed by atoms with Gasteiger partial charge in [0.1, 0.15) is 11.7 Å². The Balaban J connectivity index is 1.44. The third kappa shape index (κ3) is 4.34. The van der Waals surface area contributed by atoms with E-state index in [1.54, 1.807) is 38.2 Å². The van der Waals surface area contributed by atoms with Gasteiger partial charge < -0.3 is 15.5 Å². The van der Waals surface area contributed by atoms with Crippen molar-refractivity contribution in [3.63, 3.8) is 0 Å². The monoisotopic (exact) mass is 446 g/mol.